The van der Waals surface area contributed by atoms with E-state index in [1.807, 2.05) is 11.8 Å². The second-order valence-corrected chi connectivity index (χ2v) is 5.49. The SMILES string of the molecule is CCCSCc1nc(CC)c(CC#N)s1. The first-order valence-electron chi connectivity index (χ1n) is 5.23. The van der Waals surface area contributed by atoms with Gasteiger partial charge in [0.15, 0.2) is 0 Å². The van der Waals surface area contributed by atoms with Crippen LogP contribution in [0.3, 0.4) is 0 Å². The van der Waals surface area contributed by atoms with Crippen molar-refractivity contribution in [2.24, 2.45) is 0 Å². The molecule has 1 aromatic rings. The van der Waals surface area contributed by atoms with Gasteiger partial charge in [0.1, 0.15) is 5.01 Å². The second-order valence-electron chi connectivity index (χ2n) is 3.22. The number of hydrogen-bond donors (Lipinski definition) is 0. The van der Waals surface area contributed by atoms with Crippen LogP contribution in [0.25, 0.3) is 0 Å². The van der Waals surface area contributed by atoms with Gasteiger partial charge >= 0.3 is 0 Å². The molecule has 0 bridgehead atoms. The number of nitrogens with zero attached hydrogens (tertiary/aromatic N) is 2. The van der Waals surface area contributed by atoms with Crippen LogP contribution in [0.2, 0.25) is 0 Å². The van der Waals surface area contributed by atoms with Crippen LogP contribution in [0.15, 0.2) is 0 Å². The van der Waals surface area contributed by atoms with Gasteiger partial charge in [0.25, 0.3) is 0 Å². The molecule has 0 unspecified atom stereocenters. The quantitative estimate of drug-likeness (QED) is 0.715. The maximum atomic E-state index is 8.69. The number of aromatic nitrogens is 1. The fraction of sp³-hybridized carbons (Fsp3) is 0.636. The molecule has 2 nitrogen and oxygen atoms in total. The van der Waals surface area contributed by atoms with Crippen LogP contribution in [0, 0.1) is 11.3 Å². The van der Waals surface area contributed by atoms with Gasteiger partial charge in [-0.2, -0.15) is 17.0 Å². The van der Waals surface area contributed by atoms with Crippen molar-refractivity contribution < 1.29 is 0 Å². The molecule has 0 atom stereocenters. The Kier molecular flexibility index (Phi) is 5.74. The van der Waals surface area contributed by atoms with E-state index in [9.17, 15) is 0 Å². The van der Waals surface area contributed by atoms with E-state index in [0.717, 1.165) is 22.7 Å². The summed E-state index contributed by atoms with van der Waals surface area (Å²) in [5.74, 6) is 2.19. The number of hydrogen-bond acceptors (Lipinski definition) is 4. The molecule has 1 rings (SSSR count). The molecule has 1 heterocycles. The third-order valence-corrected chi connectivity index (χ3v) is 4.43. The van der Waals surface area contributed by atoms with E-state index in [2.05, 4.69) is 24.9 Å². The maximum absolute atomic E-state index is 8.69. The molecule has 0 aliphatic heterocycles. The maximum Gasteiger partial charge on any atom is 0.103 e. The topological polar surface area (TPSA) is 36.7 Å². The largest absolute Gasteiger partial charge is 0.245 e. The van der Waals surface area contributed by atoms with E-state index in [4.69, 9.17) is 5.26 Å². The predicted molar refractivity (Wildman–Crippen MR) is 67.3 cm³/mol. The summed E-state index contributed by atoms with van der Waals surface area (Å²) in [6, 6.07) is 2.20. The summed E-state index contributed by atoms with van der Waals surface area (Å²) in [6.45, 7) is 4.28. The Hall–Kier alpha value is -0.530. The Labute approximate surface area is 99.7 Å². The van der Waals surface area contributed by atoms with E-state index >= 15 is 0 Å². The van der Waals surface area contributed by atoms with E-state index in [-0.39, 0.29) is 0 Å². The zero-order chi connectivity index (χ0) is 11.1. The van der Waals surface area contributed by atoms with Crippen molar-refractivity contribution in [1.82, 2.24) is 4.98 Å². The molecule has 0 spiro atoms. The first-order chi connectivity index (χ1) is 7.31. The molecule has 0 aliphatic rings. The van der Waals surface area contributed by atoms with E-state index in [1.165, 1.54) is 17.2 Å². The van der Waals surface area contributed by atoms with Gasteiger partial charge in [0.05, 0.1) is 18.2 Å². The highest BCUT2D eigenvalue weighted by Gasteiger charge is 2.08. The van der Waals surface area contributed by atoms with Crippen LogP contribution in [-0.4, -0.2) is 10.7 Å². The summed E-state index contributed by atoms with van der Waals surface area (Å²) in [5, 5.41) is 9.86. The highest BCUT2D eigenvalue weighted by atomic mass is 32.2. The van der Waals surface area contributed by atoms with Crippen molar-refractivity contribution in [3.8, 4) is 6.07 Å². The third kappa shape index (κ3) is 3.84. The van der Waals surface area contributed by atoms with Gasteiger partial charge in [0.2, 0.25) is 0 Å². The van der Waals surface area contributed by atoms with Crippen molar-refractivity contribution >= 4 is 23.1 Å². The molecule has 4 heteroatoms. The van der Waals surface area contributed by atoms with Gasteiger partial charge in [0, 0.05) is 10.6 Å². The first-order valence-corrected chi connectivity index (χ1v) is 7.21. The molecule has 1 aromatic heterocycles. The van der Waals surface area contributed by atoms with Crippen molar-refractivity contribution in [2.75, 3.05) is 5.75 Å². The average Bonchev–Trinajstić information content (AvgIpc) is 2.62. The lowest BCUT2D eigenvalue weighted by molar-refractivity contribution is 1.01. The van der Waals surface area contributed by atoms with Gasteiger partial charge in [-0.1, -0.05) is 13.8 Å². The Bertz CT molecular complexity index is 339. The molecule has 0 aromatic carbocycles. The van der Waals surface area contributed by atoms with Crippen molar-refractivity contribution in [1.29, 1.82) is 5.26 Å². The zero-order valence-electron chi connectivity index (χ0n) is 9.25. The molecule has 0 N–H and O–H groups in total. The molecule has 15 heavy (non-hydrogen) atoms. The standard InChI is InChI=1S/C11H16N2S2/c1-3-7-14-8-11-13-9(4-2)10(15-11)5-6-12/h3-5,7-8H2,1-2H3. The minimum atomic E-state index is 0.513. The molecule has 0 saturated carbocycles. The molecule has 0 fully saturated rings. The zero-order valence-corrected chi connectivity index (χ0v) is 10.9. The monoisotopic (exact) mass is 240 g/mol. The Balaban J connectivity index is 2.62. The summed E-state index contributed by atoms with van der Waals surface area (Å²) < 4.78 is 0. The number of thioether (sulfide) groups is 1. The molecule has 0 amide bonds. The van der Waals surface area contributed by atoms with Gasteiger partial charge in [-0.05, 0) is 18.6 Å². The van der Waals surface area contributed by atoms with E-state index < -0.39 is 0 Å². The van der Waals surface area contributed by atoms with Crippen molar-refractivity contribution in [3.63, 3.8) is 0 Å². The van der Waals surface area contributed by atoms with Crippen LogP contribution < -0.4 is 0 Å². The number of thiazole rings is 1. The minimum absolute atomic E-state index is 0.513. The molecule has 82 valence electrons. The normalized spacial score (nSPS) is 10.2. The van der Waals surface area contributed by atoms with Crippen LogP contribution in [0.1, 0.15) is 35.8 Å². The summed E-state index contributed by atoms with van der Waals surface area (Å²) in [4.78, 5) is 5.73. The molecular formula is C11H16N2S2. The fourth-order valence-corrected chi connectivity index (χ4v) is 3.33. The summed E-state index contributed by atoms with van der Waals surface area (Å²) in [7, 11) is 0. The smallest absolute Gasteiger partial charge is 0.103 e. The van der Waals surface area contributed by atoms with Gasteiger partial charge in [-0.25, -0.2) is 4.98 Å². The first kappa shape index (κ1) is 12.5. The van der Waals surface area contributed by atoms with Gasteiger partial charge in [-0.15, -0.1) is 11.3 Å². The molecule has 0 saturated heterocycles. The van der Waals surface area contributed by atoms with Gasteiger partial charge in [-0.3, -0.25) is 0 Å². The Morgan fingerprint density at radius 2 is 2.27 bits per heavy atom. The van der Waals surface area contributed by atoms with E-state index in [1.54, 1.807) is 11.3 Å². The van der Waals surface area contributed by atoms with Crippen molar-refractivity contribution in [3.05, 3.63) is 15.6 Å². The van der Waals surface area contributed by atoms with Crippen LogP contribution in [-0.2, 0) is 18.6 Å². The average molecular weight is 240 g/mol. The molecular weight excluding hydrogens is 224 g/mol. The fourth-order valence-electron chi connectivity index (χ4n) is 1.29. The Morgan fingerprint density at radius 3 is 2.87 bits per heavy atom. The van der Waals surface area contributed by atoms with Crippen LogP contribution in [0.4, 0.5) is 0 Å². The lowest BCUT2D eigenvalue weighted by Crippen LogP contribution is -1.87. The lowest BCUT2D eigenvalue weighted by Gasteiger charge is -1.93. The number of aryl methyl sites for hydroxylation is 1. The predicted octanol–water partition coefficient (Wildman–Crippen LogP) is 3.41. The third-order valence-electron chi connectivity index (χ3n) is 1.97. The number of nitriles is 1. The highest BCUT2D eigenvalue weighted by Crippen LogP contribution is 2.23. The second kappa shape index (κ2) is 6.86. The minimum Gasteiger partial charge on any atom is -0.245 e. The summed E-state index contributed by atoms with van der Waals surface area (Å²) >= 11 is 3.63. The van der Waals surface area contributed by atoms with Crippen LogP contribution >= 0.6 is 23.1 Å². The summed E-state index contributed by atoms with van der Waals surface area (Å²) in [6.07, 6.45) is 2.66. The van der Waals surface area contributed by atoms with Gasteiger partial charge < -0.3 is 0 Å². The van der Waals surface area contributed by atoms with Crippen molar-refractivity contribution in [2.45, 2.75) is 38.9 Å². The summed E-state index contributed by atoms with van der Waals surface area (Å²) in [5.41, 5.74) is 1.12. The highest BCUT2D eigenvalue weighted by molar-refractivity contribution is 7.98. The molecule has 0 aliphatic carbocycles. The molecule has 0 radical (unpaired) electrons. The van der Waals surface area contributed by atoms with E-state index in [0.29, 0.717) is 6.42 Å². The Morgan fingerprint density at radius 1 is 1.47 bits per heavy atom. The number of rotatable bonds is 6. The van der Waals surface area contributed by atoms with Crippen LogP contribution in [0.5, 0.6) is 0 Å². The lowest BCUT2D eigenvalue weighted by atomic mass is 10.2.